The van der Waals surface area contributed by atoms with Crippen LogP contribution in [0, 0.1) is 5.92 Å². The minimum absolute atomic E-state index is 0.122. The predicted octanol–water partition coefficient (Wildman–Crippen LogP) is 0.908. The number of piperidine rings is 1. The number of hydrogen-bond acceptors (Lipinski definition) is 3. The van der Waals surface area contributed by atoms with Crippen LogP contribution in [0.25, 0.3) is 0 Å². The van der Waals surface area contributed by atoms with Crippen LogP contribution in [0.4, 0.5) is 0 Å². The Morgan fingerprint density at radius 3 is 2.29 bits per heavy atom. The lowest BCUT2D eigenvalue weighted by Crippen LogP contribution is -2.50. The second kappa shape index (κ2) is 4.41. The van der Waals surface area contributed by atoms with Gasteiger partial charge in [-0.1, -0.05) is 0 Å². The molecule has 0 aliphatic carbocycles. The van der Waals surface area contributed by atoms with Crippen LogP contribution in [0.15, 0.2) is 0 Å². The highest BCUT2D eigenvalue weighted by Crippen LogP contribution is 2.29. The topological polar surface area (TPSA) is 40.6 Å². The van der Waals surface area contributed by atoms with E-state index in [9.17, 15) is 9.59 Å². The first kappa shape index (κ1) is 12.6. The predicted molar refractivity (Wildman–Crippen MR) is 65.6 cm³/mol. The minimum atomic E-state index is -0.583. The lowest BCUT2D eigenvalue weighted by molar-refractivity contribution is -0.143. The van der Waals surface area contributed by atoms with E-state index in [4.69, 9.17) is 0 Å². The van der Waals surface area contributed by atoms with Gasteiger partial charge in [-0.25, -0.2) is 0 Å². The Balaban J connectivity index is 2.03. The van der Waals surface area contributed by atoms with Gasteiger partial charge in [-0.15, -0.1) is 0 Å². The molecule has 2 heterocycles. The molecule has 0 atom stereocenters. The molecule has 2 rings (SSSR count). The van der Waals surface area contributed by atoms with Crippen molar-refractivity contribution in [1.82, 2.24) is 9.80 Å². The van der Waals surface area contributed by atoms with Crippen LogP contribution in [0.3, 0.4) is 0 Å². The quantitative estimate of drug-likeness (QED) is 0.681. The van der Waals surface area contributed by atoms with Crippen molar-refractivity contribution in [3.63, 3.8) is 0 Å². The second-order valence-electron chi connectivity index (χ2n) is 5.80. The Hall–Kier alpha value is -0.900. The van der Waals surface area contributed by atoms with Crippen LogP contribution < -0.4 is 0 Å². The molecule has 0 N–H and O–H groups in total. The van der Waals surface area contributed by atoms with Gasteiger partial charge in [0.05, 0.1) is 5.54 Å². The third kappa shape index (κ3) is 2.23. The molecular formula is C13H22N2O2. The van der Waals surface area contributed by atoms with Gasteiger partial charge in [0.1, 0.15) is 0 Å². The minimum Gasteiger partial charge on any atom is -0.330 e. The van der Waals surface area contributed by atoms with E-state index in [1.807, 2.05) is 13.8 Å². The number of hydrogen-bond donors (Lipinski definition) is 0. The third-order valence-electron chi connectivity index (χ3n) is 4.25. The van der Waals surface area contributed by atoms with Gasteiger partial charge in [-0.3, -0.25) is 9.59 Å². The van der Waals surface area contributed by atoms with Crippen molar-refractivity contribution in [2.45, 2.75) is 38.6 Å². The van der Waals surface area contributed by atoms with Crippen molar-refractivity contribution in [2.24, 2.45) is 5.92 Å². The molecule has 2 aliphatic rings. The van der Waals surface area contributed by atoms with Crippen molar-refractivity contribution in [1.29, 1.82) is 0 Å². The smallest absolute Gasteiger partial charge is 0.226 e. The number of Topliss-reactive ketones (excluding diaryl/α,β-unsaturated/α-hetero) is 1. The summed E-state index contributed by atoms with van der Waals surface area (Å²) in [5, 5.41) is 0. The van der Waals surface area contributed by atoms with Crippen molar-refractivity contribution < 1.29 is 9.59 Å². The van der Waals surface area contributed by atoms with Crippen LogP contribution in [0.5, 0.6) is 0 Å². The van der Waals surface area contributed by atoms with Crippen LogP contribution >= 0.6 is 0 Å². The number of carbonyl (C=O) groups is 2. The van der Waals surface area contributed by atoms with Crippen LogP contribution in [0.2, 0.25) is 0 Å². The molecule has 0 radical (unpaired) electrons. The SMILES string of the molecule is CN1CCC(C(=O)N2CCC(=O)C2(C)C)CC1. The standard InChI is InChI=1S/C13H22N2O2/c1-13(2)11(16)6-9-15(13)12(17)10-4-7-14(3)8-5-10/h10H,4-9H2,1-3H3. The third-order valence-corrected chi connectivity index (χ3v) is 4.25. The lowest BCUT2D eigenvalue weighted by Gasteiger charge is -2.36. The number of amides is 1. The molecule has 0 aromatic rings. The molecule has 0 saturated carbocycles. The molecule has 0 aromatic carbocycles. The van der Waals surface area contributed by atoms with Crippen LogP contribution in [-0.4, -0.2) is 53.7 Å². The van der Waals surface area contributed by atoms with Crippen LogP contribution in [0.1, 0.15) is 33.1 Å². The van der Waals surface area contributed by atoms with Crippen molar-refractivity contribution in [2.75, 3.05) is 26.7 Å². The van der Waals surface area contributed by atoms with Gasteiger partial charge in [-0.05, 0) is 46.8 Å². The second-order valence-corrected chi connectivity index (χ2v) is 5.80. The normalized spacial score (nSPS) is 26.5. The Bertz CT molecular complexity index is 330. The Labute approximate surface area is 103 Å². The first-order chi connectivity index (χ1) is 7.93. The lowest BCUT2D eigenvalue weighted by atomic mass is 9.93. The Kier molecular flexibility index (Phi) is 3.25. The van der Waals surface area contributed by atoms with Gasteiger partial charge in [0.15, 0.2) is 5.78 Å². The van der Waals surface area contributed by atoms with E-state index in [1.54, 1.807) is 4.90 Å². The molecule has 4 heteroatoms. The van der Waals surface area contributed by atoms with E-state index >= 15 is 0 Å². The first-order valence-corrected chi connectivity index (χ1v) is 6.46. The summed E-state index contributed by atoms with van der Waals surface area (Å²) >= 11 is 0. The van der Waals surface area contributed by atoms with E-state index in [0.29, 0.717) is 13.0 Å². The summed E-state index contributed by atoms with van der Waals surface area (Å²) in [6, 6.07) is 0. The maximum atomic E-state index is 12.4. The monoisotopic (exact) mass is 238 g/mol. The number of nitrogens with zero attached hydrogens (tertiary/aromatic N) is 2. The summed E-state index contributed by atoms with van der Waals surface area (Å²) in [5.74, 6) is 0.504. The largest absolute Gasteiger partial charge is 0.330 e. The summed E-state index contributed by atoms with van der Waals surface area (Å²) in [4.78, 5) is 28.2. The van der Waals surface area contributed by atoms with Crippen molar-refractivity contribution in [3.05, 3.63) is 0 Å². The summed E-state index contributed by atoms with van der Waals surface area (Å²) in [6.45, 7) is 6.32. The fraction of sp³-hybridized carbons (Fsp3) is 0.846. The molecular weight excluding hydrogens is 216 g/mol. The number of rotatable bonds is 1. The summed E-state index contributed by atoms with van der Waals surface area (Å²) < 4.78 is 0. The fourth-order valence-corrected chi connectivity index (χ4v) is 2.81. The molecule has 1 amide bonds. The summed E-state index contributed by atoms with van der Waals surface area (Å²) in [7, 11) is 2.09. The molecule has 0 spiro atoms. The highest BCUT2D eigenvalue weighted by molar-refractivity contribution is 5.95. The molecule has 2 saturated heterocycles. The van der Waals surface area contributed by atoms with Gasteiger partial charge in [0.25, 0.3) is 0 Å². The summed E-state index contributed by atoms with van der Waals surface area (Å²) in [5.41, 5.74) is -0.583. The molecule has 96 valence electrons. The fourth-order valence-electron chi connectivity index (χ4n) is 2.81. The van der Waals surface area contributed by atoms with Gasteiger partial charge >= 0.3 is 0 Å². The van der Waals surface area contributed by atoms with Crippen molar-refractivity contribution in [3.8, 4) is 0 Å². The molecule has 0 aromatic heterocycles. The molecule has 0 unspecified atom stereocenters. The summed E-state index contributed by atoms with van der Waals surface area (Å²) in [6.07, 6.45) is 2.37. The highest BCUT2D eigenvalue weighted by Gasteiger charge is 2.44. The van der Waals surface area contributed by atoms with E-state index < -0.39 is 5.54 Å². The van der Waals surface area contributed by atoms with Gasteiger partial charge < -0.3 is 9.80 Å². The average Bonchev–Trinajstić information content (AvgIpc) is 2.54. The zero-order valence-electron chi connectivity index (χ0n) is 11.0. The number of likely N-dealkylation sites (tertiary alicyclic amines) is 2. The molecule has 2 fully saturated rings. The zero-order valence-corrected chi connectivity index (χ0v) is 11.0. The molecule has 4 nitrogen and oxygen atoms in total. The first-order valence-electron chi connectivity index (χ1n) is 6.46. The molecule has 0 bridgehead atoms. The van der Waals surface area contributed by atoms with Crippen molar-refractivity contribution >= 4 is 11.7 Å². The molecule has 2 aliphatic heterocycles. The maximum Gasteiger partial charge on any atom is 0.226 e. The van der Waals surface area contributed by atoms with Gasteiger partial charge in [0.2, 0.25) is 5.91 Å². The van der Waals surface area contributed by atoms with E-state index in [0.717, 1.165) is 25.9 Å². The number of ketones is 1. The molecule has 17 heavy (non-hydrogen) atoms. The average molecular weight is 238 g/mol. The zero-order chi connectivity index (χ0) is 12.6. The number of carbonyl (C=O) groups excluding carboxylic acids is 2. The highest BCUT2D eigenvalue weighted by atomic mass is 16.2. The maximum absolute atomic E-state index is 12.4. The van der Waals surface area contributed by atoms with E-state index in [2.05, 4.69) is 11.9 Å². The van der Waals surface area contributed by atoms with E-state index in [1.165, 1.54) is 0 Å². The Morgan fingerprint density at radius 2 is 1.82 bits per heavy atom. The van der Waals surface area contributed by atoms with E-state index in [-0.39, 0.29) is 17.6 Å². The van der Waals surface area contributed by atoms with Gasteiger partial charge in [-0.2, -0.15) is 0 Å². The van der Waals surface area contributed by atoms with Crippen LogP contribution in [-0.2, 0) is 9.59 Å². The Morgan fingerprint density at radius 1 is 1.24 bits per heavy atom. The van der Waals surface area contributed by atoms with Gasteiger partial charge in [0, 0.05) is 18.9 Å².